The zero-order valence-corrected chi connectivity index (χ0v) is 44.1. The van der Waals surface area contributed by atoms with Crippen molar-refractivity contribution in [2.75, 3.05) is 41.7 Å². The Morgan fingerprint density at radius 2 is 0.757 bits per heavy atom. The second-order valence-electron chi connectivity index (χ2n) is 20.0. The van der Waals surface area contributed by atoms with E-state index in [0.29, 0.717) is 33.8 Å². The summed E-state index contributed by atoms with van der Waals surface area (Å²) in [6.07, 6.45) is 0. The summed E-state index contributed by atoms with van der Waals surface area (Å²) < 4.78 is 43.0. The molecule has 2 amide bonds. The second kappa shape index (κ2) is 23.2. The van der Waals surface area contributed by atoms with Crippen LogP contribution in [0.5, 0.6) is 11.5 Å². The maximum Gasteiger partial charge on any atom is 0.342 e. The van der Waals surface area contributed by atoms with Crippen LogP contribution in [-0.4, -0.2) is 121 Å². The molecule has 0 aliphatic carbocycles. The fraction of sp³-hybridized carbons (Fsp3) is 0.429. The molecular formula is C56H66N2O16. The van der Waals surface area contributed by atoms with Crippen LogP contribution >= 0.6 is 0 Å². The number of likely N-dealkylation sites (tertiary alicyclic amines) is 2. The number of benzene rings is 4. The SMILES string of the molecule is COC(=O)[C@@]1(COC(C)(C)C)C(=O)[C@](C)(C(=O)OCc2ccccc2)C(=O)N1Cc1ccc(OC)cc1.COC(=O)[C@@]1(COC(C)(C)C)C(=O)[C@](C)(C(=O)OCc2ccccc2)C(=O)N1Cc1ccc(OC)cc1. The maximum atomic E-state index is 14.1. The number of amides is 2. The van der Waals surface area contributed by atoms with Gasteiger partial charge in [-0.15, -0.1) is 0 Å². The minimum absolute atomic E-state index is 0.141. The molecule has 18 nitrogen and oxygen atoms in total. The molecule has 2 saturated heterocycles. The van der Waals surface area contributed by atoms with Gasteiger partial charge in [0.15, 0.2) is 11.6 Å². The van der Waals surface area contributed by atoms with Crippen LogP contribution in [0.1, 0.15) is 77.6 Å². The van der Waals surface area contributed by atoms with Gasteiger partial charge >= 0.3 is 23.9 Å². The van der Waals surface area contributed by atoms with Gasteiger partial charge in [-0.2, -0.15) is 0 Å². The number of carbonyl (C=O) groups is 8. The predicted octanol–water partition coefficient (Wildman–Crippen LogP) is 6.17. The van der Waals surface area contributed by atoms with Crippen LogP contribution in [-0.2, 0) is 93.1 Å². The highest BCUT2D eigenvalue weighted by Gasteiger charge is 2.74. The number of esters is 4. The highest BCUT2D eigenvalue weighted by molar-refractivity contribution is 6.35. The van der Waals surface area contributed by atoms with E-state index in [-0.39, 0.29) is 26.3 Å². The Morgan fingerprint density at radius 1 is 0.446 bits per heavy atom. The summed E-state index contributed by atoms with van der Waals surface area (Å²) in [7, 11) is 5.29. The molecule has 0 bridgehead atoms. The van der Waals surface area contributed by atoms with Gasteiger partial charge in [-0.3, -0.25) is 28.8 Å². The molecular weight excluding hydrogens is 957 g/mol. The van der Waals surface area contributed by atoms with Gasteiger partial charge in [-0.1, -0.05) is 84.9 Å². The van der Waals surface area contributed by atoms with Gasteiger partial charge in [0, 0.05) is 13.1 Å². The molecule has 0 spiro atoms. The third-order valence-electron chi connectivity index (χ3n) is 12.6. The average Bonchev–Trinajstić information content (AvgIpc) is 3.66. The van der Waals surface area contributed by atoms with E-state index in [1.165, 1.54) is 28.1 Å². The summed E-state index contributed by atoms with van der Waals surface area (Å²) >= 11 is 0. The summed E-state index contributed by atoms with van der Waals surface area (Å²) in [6.45, 7) is 11.3. The van der Waals surface area contributed by atoms with E-state index < -0.39 is 93.6 Å². The number of rotatable bonds is 18. The van der Waals surface area contributed by atoms with Crippen LogP contribution in [0, 0.1) is 10.8 Å². The number of hydrogen-bond acceptors (Lipinski definition) is 16. The van der Waals surface area contributed by atoms with Crippen molar-refractivity contribution >= 4 is 47.3 Å². The average molecular weight is 1020 g/mol. The van der Waals surface area contributed by atoms with Crippen molar-refractivity contribution in [3.63, 3.8) is 0 Å². The van der Waals surface area contributed by atoms with Crippen LogP contribution in [0.25, 0.3) is 0 Å². The molecule has 6 rings (SSSR count). The minimum Gasteiger partial charge on any atom is -0.497 e. The third-order valence-corrected chi connectivity index (χ3v) is 12.6. The number of methoxy groups -OCH3 is 4. The van der Waals surface area contributed by atoms with E-state index in [4.69, 9.17) is 37.9 Å². The normalized spacial score (nSPS) is 21.6. The van der Waals surface area contributed by atoms with Gasteiger partial charge in [-0.05, 0) is 102 Å². The van der Waals surface area contributed by atoms with Gasteiger partial charge in [0.05, 0.1) is 52.9 Å². The second-order valence-corrected chi connectivity index (χ2v) is 20.0. The number of ether oxygens (including phenoxy) is 8. The zero-order valence-electron chi connectivity index (χ0n) is 44.1. The van der Waals surface area contributed by atoms with E-state index in [2.05, 4.69) is 0 Å². The lowest BCUT2D eigenvalue weighted by atomic mass is 9.80. The number of nitrogens with zero attached hydrogens (tertiary/aromatic N) is 2. The molecule has 4 aromatic carbocycles. The molecule has 18 heteroatoms. The fourth-order valence-electron chi connectivity index (χ4n) is 8.28. The first-order valence-corrected chi connectivity index (χ1v) is 23.7. The summed E-state index contributed by atoms with van der Waals surface area (Å²) in [6, 6.07) is 31.3. The van der Waals surface area contributed by atoms with Crippen LogP contribution in [0.4, 0.5) is 0 Å². The minimum atomic E-state index is -2.28. The molecule has 0 aromatic heterocycles. The molecule has 2 heterocycles. The summed E-state index contributed by atoms with van der Waals surface area (Å²) in [4.78, 5) is 111. The van der Waals surface area contributed by atoms with Crippen LogP contribution in [0.2, 0.25) is 0 Å². The van der Waals surface area contributed by atoms with Crippen molar-refractivity contribution in [1.82, 2.24) is 9.80 Å². The van der Waals surface area contributed by atoms with Gasteiger partial charge in [-0.25, -0.2) is 9.59 Å². The van der Waals surface area contributed by atoms with E-state index in [1.807, 2.05) is 12.1 Å². The van der Waals surface area contributed by atoms with Crippen molar-refractivity contribution < 1.29 is 76.3 Å². The van der Waals surface area contributed by atoms with Gasteiger partial charge in [0.1, 0.15) is 24.7 Å². The lowest BCUT2D eigenvalue weighted by Crippen LogP contribution is -2.60. The molecule has 0 unspecified atom stereocenters. The van der Waals surface area contributed by atoms with Gasteiger partial charge in [0.25, 0.3) is 0 Å². The quantitative estimate of drug-likeness (QED) is 0.0619. The Hall–Kier alpha value is -7.44. The zero-order chi connectivity index (χ0) is 54.9. The van der Waals surface area contributed by atoms with Gasteiger partial charge < -0.3 is 47.7 Å². The summed E-state index contributed by atoms with van der Waals surface area (Å²) in [5.41, 5.74) is -7.90. The monoisotopic (exact) mass is 1020 g/mol. The molecule has 74 heavy (non-hydrogen) atoms. The van der Waals surface area contributed by atoms with Crippen LogP contribution in [0.15, 0.2) is 109 Å². The van der Waals surface area contributed by atoms with E-state index in [1.54, 1.807) is 139 Å². The Morgan fingerprint density at radius 3 is 1.03 bits per heavy atom. The van der Waals surface area contributed by atoms with E-state index in [9.17, 15) is 38.4 Å². The lowest BCUT2D eigenvalue weighted by molar-refractivity contribution is -0.170. The molecule has 396 valence electrons. The summed E-state index contributed by atoms with van der Waals surface area (Å²) in [5.74, 6) is -6.54. The largest absolute Gasteiger partial charge is 0.497 e. The van der Waals surface area contributed by atoms with E-state index >= 15 is 0 Å². The smallest absolute Gasteiger partial charge is 0.342 e. The lowest BCUT2D eigenvalue weighted by Gasteiger charge is -2.36. The van der Waals surface area contributed by atoms with E-state index in [0.717, 1.165) is 24.0 Å². The Labute approximate surface area is 431 Å². The molecule has 0 radical (unpaired) electrons. The molecule has 2 fully saturated rings. The highest BCUT2D eigenvalue weighted by Crippen LogP contribution is 2.45. The van der Waals surface area contributed by atoms with Crippen molar-refractivity contribution in [2.24, 2.45) is 10.8 Å². The van der Waals surface area contributed by atoms with Gasteiger partial charge in [0.2, 0.25) is 33.7 Å². The van der Waals surface area contributed by atoms with Crippen LogP contribution < -0.4 is 9.47 Å². The number of ketones is 2. The Kier molecular flexibility index (Phi) is 18.0. The number of Topliss-reactive ketones (excluding diaryl/α,β-unsaturated/α-hetero) is 2. The highest BCUT2D eigenvalue weighted by atomic mass is 16.6. The number of carbonyl (C=O) groups excluding carboxylic acids is 8. The van der Waals surface area contributed by atoms with Crippen molar-refractivity contribution in [3.8, 4) is 11.5 Å². The first kappa shape index (κ1) is 57.5. The third kappa shape index (κ3) is 11.8. The first-order valence-electron chi connectivity index (χ1n) is 23.7. The molecule has 4 aromatic rings. The standard InChI is InChI=1S/2C28H33NO8/c2*1-26(2,3)37-18-28(25(33)35-6)22(30)27(4,24(32)36-17-20-10-8-7-9-11-20)23(31)29(28)16-19-12-14-21(34-5)15-13-19/h2*7-15H,16-18H2,1-6H3/t2*27-,28+/m00/s1. The molecule has 2 aliphatic rings. The Bertz CT molecular complexity index is 2490. The van der Waals surface area contributed by atoms with Crippen molar-refractivity contribution in [1.29, 1.82) is 0 Å². The topological polar surface area (TPSA) is 217 Å². The van der Waals surface area contributed by atoms with Crippen LogP contribution in [0.3, 0.4) is 0 Å². The molecule has 0 N–H and O–H groups in total. The molecule has 4 atom stereocenters. The molecule has 2 aliphatic heterocycles. The number of hydrogen-bond donors (Lipinski definition) is 0. The van der Waals surface area contributed by atoms with Crippen molar-refractivity contribution in [3.05, 3.63) is 131 Å². The maximum absolute atomic E-state index is 14.1. The molecule has 0 saturated carbocycles. The summed E-state index contributed by atoms with van der Waals surface area (Å²) in [5, 5.41) is 0. The predicted molar refractivity (Wildman–Crippen MR) is 267 cm³/mol. The first-order chi connectivity index (χ1) is 34.8. The Balaban J connectivity index is 0.000000274. The fourth-order valence-corrected chi connectivity index (χ4v) is 8.28. The van der Waals surface area contributed by atoms with Crippen molar-refractivity contribution in [2.45, 2.75) is 104 Å².